The molecule has 0 fully saturated rings. The fourth-order valence-electron chi connectivity index (χ4n) is 0.605. The van der Waals surface area contributed by atoms with Gasteiger partial charge >= 0.3 is 0 Å². The quantitative estimate of drug-likeness (QED) is 0.676. The van der Waals surface area contributed by atoms with E-state index in [-0.39, 0.29) is 0 Å². The Morgan fingerprint density at radius 1 is 1.50 bits per heavy atom. The molecule has 0 aliphatic carbocycles. The highest BCUT2D eigenvalue weighted by molar-refractivity contribution is 14.1. The Hall–Kier alpha value is -0.0800. The number of nitriles is 1. The van der Waals surface area contributed by atoms with Crippen LogP contribution in [0.2, 0.25) is 0 Å². The van der Waals surface area contributed by atoms with Crippen molar-refractivity contribution in [3.05, 3.63) is 31.8 Å². The van der Waals surface area contributed by atoms with Crippen LogP contribution in [0.4, 0.5) is 0 Å². The summed E-state index contributed by atoms with van der Waals surface area (Å²) in [5.74, 6) is 0. The standard InChI is InChI=1S/C7H3BrIN/c8-6-2-1-3-7(9)5(6)4-10/h1-3H. The lowest BCUT2D eigenvalue weighted by Gasteiger charge is -1.95. The average Bonchev–Trinajstić information content (AvgIpc) is 1.88. The Labute approximate surface area is 81.3 Å². The molecule has 0 saturated heterocycles. The Morgan fingerprint density at radius 3 is 2.60 bits per heavy atom. The van der Waals surface area contributed by atoms with Crippen molar-refractivity contribution in [2.24, 2.45) is 0 Å². The molecule has 0 spiro atoms. The number of rotatable bonds is 0. The Morgan fingerprint density at radius 2 is 2.20 bits per heavy atom. The summed E-state index contributed by atoms with van der Waals surface area (Å²) in [7, 11) is 0. The van der Waals surface area contributed by atoms with Crippen molar-refractivity contribution in [2.45, 2.75) is 0 Å². The van der Waals surface area contributed by atoms with Gasteiger partial charge < -0.3 is 0 Å². The summed E-state index contributed by atoms with van der Waals surface area (Å²) in [6, 6.07) is 7.79. The summed E-state index contributed by atoms with van der Waals surface area (Å²) in [5.41, 5.74) is 0.711. The zero-order valence-electron chi connectivity index (χ0n) is 4.94. The van der Waals surface area contributed by atoms with Crippen LogP contribution in [0.5, 0.6) is 0 Å². The molecule has 50 valence electrons. The summed E-state index contributed by atoms with van der Waals surface area (Å²) >= 11 is 5.41. The molecule has 3 heteroatoms. The zero-order chi connectivity index (χ0) is 7.56. The highest BCUT2D eigenvalue weighted by atomic mass is 127. The van der Waals surface area contributed by atoms with E-state index in [1.165, 1.54) is 0 Å². The van der Waals surface area contributed by atoms with Gasteiger partial charge in [0.15, 0.2) is 0 Å². The van der Waals surface area contributed by atoms with Gasteiger partial charge in [-0.2, -0.15) is 5.26 Å². The molecule has 0 N–H and O–H groups in total. The first-order valence-electron chi connectivity index (χ1n) is 2.60. The van der Waals surface area contributed by atoms with E-state index >= 15 is 0 Å². The molecule has 0 bridgehead atoms. The van der Waals surface area contributed by atoms with Gasteiger partial charge in [0.2, 0.25) is 0 Å². The maximum atomic E-state index is 8.61. The largest absolute Gasteiger partial charge is 0.192 e. The van der Waals surface area contributed by atoms with E-state index in [2.05, 4.69) is 44.6 Å². The van der Waals surface area contributed by atoms with Crippen molar-refractivity contribution in [3.63, 3.8) is 0 Å². The molecule has 0 heterocycles. The predicted molar refractivity (Wildman–Crippen MR) is 51.6 cm³/mol. The van der Waals surface area contributed by atoms with Crippen LogP contribution in [0.1, 0.15) is 5.56 Å². The Balaban J connectivity index is 3.34. The van der Waals surface area contributed by atoms with Crippen LogP contribution in [-0.4, -0.2) is 0 Å². The fourth-order valence-corrected chi connectivity index (χ4v) is 2.05. The van der Waals surface area contributed by atoms with Crippen molar-refractivity contribution >= 4 is 38.5 Å². The molecule has 0 aromatic heterocycles. The van der Waals surface area contributed by atoms with E-state index in [0.717, 1.165) is 8.04 Å². The Bertz CT molecular complexity index is 270. The van der Waals surface area contributed by atoms with Gasteiger partial charge in [0.1, 0.15) is 6.07 Å². The molecule has 0 radical (unpaired) electrons. The molecule has 0 saturated carbocycles. The van der Waals surface area contributed by atoms with Crippen molar-refractivity contribution < 1.29 is 0 Å². The summed E-state index contributed by atoms with van der Waals surface area (Å²) in [5, 5.41) is 8.61. The number of hydrogen-bond acceptors (Lipinski definition) is 1. The SMILES string of the molecule is N#Cc1c(Br)cccc1I. The van der Waals surface area contributed by atoms with Gasteiger partial charge in [-0.25, -0.2) is 0 Å². The van der Waals surface area contributed by atoms with E-state index in [4.69, 9.17) is 5.26 Å². The fraction of sp³-hybridized carbons (Fsp3) is 0. The normalized spacial score (nSPS) is 8.90. The maximum absolute atomic E-state index is 8.61. The second kappa shape index (κ2) is 3.35. The lowest BCUT2D eigenvalue weighted by Crippen LogP contribution is -1.81. The molecule has 10 heavy (non-hydrogen) atoms. The van der Waals surface area contributed by atoms with Gasteiger partial charge in [-0.05, 0) is 50.7 Å². The third-order valence-corrected chi connectivity index (χ3v) is 2.63. The molecular weight excluding hydrogens is 305 g/mol. The number of hydrogen-bond donors (Lipinski definition) is 0. The molecule has 1 aromatic carbocycles. The first-order chi connectivity index (χ1) is 4.75. The van der Waals surface area contributed by atoms with Crippen LogP contribution in [0.3, 0.4) is 0 Å². The maximum Gasteiger partial charge on any atom is 0.101 e. The highest BCUT2D eigenvalue weighted by Crippen LogP contribution is 2.20. The third-order valence-electron chi connectivity index (χ3n) is 1.07. The van der Waals surface area contributed by atoms with Crippen molar-refractivity contribution in [2.75, 3.05) is 0 Å². The first kappa shape index (κ1) is 8.02. The van der Waals surface area contributed by atoms with Crippen molar-refractivity contribution in [3.8, 4) is 6.07 Å². The number of nitrogens with zero attached hydrogens (tertiary/aromatic N) is 1. The summed E-state index contributed by atoms with van der Waals surface area (Å²) in [4.78, 5) is 0. The van der Waals surface area contributed by atoms with E-state index in [9.17, 15) is 0 Å². The van der Waals surface area contributed by atoms with E-state index < -0.39 is 0 Å². The van der Waals surface area contributed by atoms with Gasteiger partial charge in [-0.15, -0.1) is 0 Å². The second-order valence-electron chi connectivity index (χ2n) is 1.71. The van der Waals surface area contributed by atoms with E-state index in [1.807, 2.05) is 18.2 Å². The van der Waals surface area contributed by atoms with Crippen LogP contribution in [0.15, 0.2) is 22.7 Å². The van der Waals surface area contributed by atoms with Crippen molar-refractivity contribution in [1.29, 1.82) is 5.26 Å². The lowest BCUT2D eigenvalue weighted by molar-refractivity contribution is 1.44. The monoisotopic (exact) mass is 307 g/mol. The van der Waals surface area contributed by atoms with Gasteiger partial charge in [0.25, 0.3) is 0 Å². The van der Waals surface area contributed by atoms with Gasteiger partial charge in [-0.3, -0.25) is 0 Å². The third kappa shape index (κ3) is 1.50. The Kier molecular flexibility index (Phi) is 2.69. The van der Waals surface area contributed by atoms with Gasteiger partial charge in [0.05, 0.1) is 5.56 Å². The topological polar surface area (TPSA) is 23.8 Å². The molecule has 0 atom stereocenters. The number of halogens is 2. The minimum absolute atomic E-state index is 0.711. The predicted octanol–water partition coefficient (Wildman–Crippen LogP) is 2.93. The molecule has 1 aromatic rings. The zero-order valence-corrected chi connectivity index (χ0v) is 8.68. The molecule has 0 aliphatic heterocycles. The van der Waals surface area contributed by atoms with Crippen LogP contribution >= 0.6 is 38.5 Å². The molecular formula is C7H3BrIN. The highest BCUT2D eigenvalue weighted by Gasteiger charge is 2.00. The molecule has 0 aliphatic rings. The summed E-state index contributed by atoms with van der Waals surface area (Å²) in [6.07, 6.45) is 0. The van der Waals surface area contributed by atoms with Crippen LogP contribution in [-0.2, 0) is 0 Å². The number of benzene rings is 1. The molecule has 0 unspecified atom stereocenters. The van der Waals surface area contributed by atoms with Crippen molar-refractivity contribution in [1.82, 2.24) is 0 Å². The lowest BCUT2D eigenvalue weighted by atomic mass is 10.2. The van der Waals surface area contributed by atoms with Crippen LogP contribution in [0, 0.1) is 14.9 Å². The summed E-state index contributed by atoms with van der Waals surface area (Å²) in [6.45, 7) is 0. The van der Waals surface area contributed by atoms with Gasteiger partial charge in [0, 0.05) is 8.04 Å². The minimum Gasteiger partial charge on any atom is -0.192 e. The van der Waals surface area contributed by atoms with Gasteiger partial charge in [-0.1, -0.05) is 6.07 Å². The molecule has 1 nitrogen and oxygen atoms in total. The smallest absolute Gasteiger partial charge is 0.101 e. The minimum atomic E-state index is 0.711. The molecule has 1 rings (SSSR count). The van der Waals surface area contributed by atoms with E-state index in [1.54, 1.807) is 0 Å². The van der Waals surface area contributed by atoms with E-state index in [0.29, 0.717) is 5.56 Å². The van der Waals surface area contributed by atoms with Crippen LogP contribution < -0.4 is 0 Å². The average molecular weight is 308 g/mol. The molecule has 0 amide bonds. The summed E-state index contributed by atoms with van der Waals surface area (Å²) < 4.78 is 1.84. The second-order valence-corrected chi connectivity index (χ2v) is 3.72. The first-order valence-corrected chi connectivity index (χ1v) is 4.47. The van der Waals surface area contributed by atoms with Crippen LogP contribution in [0.25, 0.3) is 0 Å².